The number of nitrogens with zero attached hydrogens (tertiary/aromatic N) is 4. The predicted octanol–water partition coefficient (Wildman–Crippen LogP) is 2.92. The smallest absolute Gasteiger partial charge is 0.327 e. The van der Waals surface area contributed by atoms with Gasteiger partial charge in [0.1, 0.15) is 10.5 Å². The van der Waals surface area contributed by atoms with Gasteiger partial charge in [0.05, 0.1) is 6.33 Å². The van der Waals surface area contributed by atoms with Crippen LogP contribution in [0.2, 0.25) is 0 Å². The summed E-state index contributed by atoms with van der Waals surface area (Å²) in [5, 5.41) is 0.824. The lowest BCUT2D eigenvalue weighted by atomic mass is 10.4. The Kier molecular flexibility index (Phi) is 5.23. The Morgan fingerprint density at radius 3 is 2.55 bits per heavy atom. The molecule has 0 bridgehead atoms. The van der Waals surface area contributed by atoms with Crippen molar-refractivity contribution in [3.8, 4) is 0 Å². The molecule has 0 aromatic carbocycles. The third kappa shape index (κ3) is 2.90. The third-order valence-electron chi connectivity index (χ3n) is 3.06. The monoisotopic (exact) mass is 294 g/mol. The summed E-state index contributed by atoms with van der Waals surface area (Å²) in [6.07, 6.45) is 4.83. The highest BCUT2D eigenvalue weighted by Gasteiger charge is 2.15. The summed E-state index contributed by atoms with van der Waals surface area (Å²) in [5.74, 6) is 0.969. The van der Waals surface area contributed by atoms with Gasteiger partial charge in [-0.3, -0.25) is 4.57 Å². The second-order valence-electron chi connectivity index (χ2n) is 4.81. The van der Waals surface area contributed by atoms with Crippen LogP contribution in [0.15, 0.2) is 16.1 Å². The summed E-state index contributed by atoms with van der Waals surface area (Å²) in [5.41, 5.74) is 1.61. The van der Waals surface area contributed by atoms with Crippen molar-refractivity contribution in [2.45, 2.75) is 58.1 Å². The zero-order chi connectivity index (χ0) is 14.5. The third-order valence-corrected chi connectivity index (χ3v) is 4.23. The molecule has 0 radical (unpaired) electrons. The molecule has 0 saturated heterocycles. The summed E-state index contributed by atoms with van der Waals surface area (Å²) >= 11 is 1.65. The van der Waals surface area contributed by atoms with E-state index in [-0.39, 0.29) is 5.69 Å². The van der Waals surface area contributed by atoms with E-state index in [1.807, 2.05) is 6.33 Å². The fraction of sp³-hybridized carbons (Fsp3) is 0.643. The number of aryl methyl sites for hydroxylation is 2. The van der Waals surface area contributed by atoms with Crippen LogP contribution in [-0.2, 0) is 13.1 Å². The Morgan fingerprint density at radius 1 is 1.15 bits per heavy atom. The molecule has 2 rings (SSSR count). The normalized spacial score (nSPS) is 11.3. The van der Waals surface area contributed by atoms with Gasteiger partial charge in [0.25, 0.3) is 0 Å². The minimum Gasteiger partial charge on any atom is -0.327 e. The van der Waals surface area contributed by atoms with Crippen molar-refractivity contribution in [2.75, 3.05) is 5.75 Å². The van der Waals surface area contributed by atoms with E-state index in [0.29, 0.717) is 6.54 Å². The molecule has 0 saturated carbocycles. The highest BCUT2D eigenvalue weighted by molar-refractivity contribution is 7.99. The zero-order valence-corrected chi connectivity index (χ0v) is 13.2. The van der Waals surface area contributed by atoms with Crippen molar-refractivity contribution in [2.24, 2.45) is 0 Å². The van der Waals surface area contributed by atoms with E-state index < -0.39 is 0 Å². The van der Waals surface area contributed by atoms with Crippen molar-refractivity contribution in [1.29, 1.82) is 0 Å². The number of aromatic nitrogens is 4. The molecule has 20 heavy (non-hydrogen) atoms. The number of hydrogen-bond acceptors (Lipinski definition) is 4. The van der Waals surface area contributed by atoms with Crippen molar-refractivity contribution >= 4 is 22.9 Å². The number of imidazole rings is 1. The van der Waals surface area contributed by atoms with Gasteiger partial charge in [-0.25, -0.2) is 9.78 Å². The van der Waals surface area contributed by atoms with Crippen molar-refractivity contribution in [3.05, 3.63) is 16.8 Å². The number of fused-ring (bicyclic) bond motifs is 1. The van der Waals surface area contributed by atoms with Crippen LogP contribution in [0.3, 0.4) is 0 Å². The lowest BCUT2D eigenvalue weighted by Gasteiger charge is -2.09. The first kappa shape index (κ1) is 15.1. The average Bonchev–Trinajstić information content (AvgIpc) is 2.84. The number of hydrogen-bond donors (Lipinski definition) is 0. The van der Waals surface area contributed by atoms with Gasteiger partial charge in [-0.05, 0) is 25.0 Å². The first-order chi connectivity index (χ1) is 9.72. The standard InChI is InChI=1S/C14H22N4OS/c1-4-7-17-10-15-12-11(17)13(20-9-6-3)16-14(19)18(12)8-5-2/h10H,4-9H2,1-3H3. The van der Waals surface area contributed by atoms with E-state index in [1.165, 1.54) is 0 Å². The molecule has 0 fully saturated rings. The number of rotatable bonds is 7. The molecule has 2 aromatic rings. The molecular weight excluding hydrogens is 272 g/mol. The van der Waals surface area contributed by atoms with E-state index >= 15 is 0 Å². The maximum atomic E-state index is 12.2. The molecule has 0 unspecified atom stereocenters. The minimum absolute atomic E-state index is 0.181. The lowest BCUT2D eigenvalue weighted by Crippen LogP contribution is -2.24. The molecule has 0 N–H and O–H groups in total. The zero-order valence-electron chi connectivity index (χ0n) is 12.4. The topological polar surface area (TPSA) is 52.7 Å². The fourth-order valence-electron chi connectivity index (χ4n) is 2.21. The van der Waals surface area contributed by atoms with Crippen LogP contribution >= 0.6 is 11.8 Å². The van der Waals surface area contributed by atoms with Crippen molar-refractivity contribution in [1.82, 2.24) is 19.1 Å². The molecule has 0 aliphatic rings. The van der Waals surface area contributed by atoms with Crippen LogP contribution in [0.25, 0.3) is 11.2 Å². The van der Waals surface area contributed by atoms with E-state index in [2.05, 4.69) is 35.3 Å². The molecular formula is C14H22N4OS. The molecule has 5 nitrogen and oxygen atoms in total. The molecule has 0 spiro atoms. The summed E-state index contributed by atoms with van der Waals surface area (Å²) in [6, 6.07) is 0. The highest BCUT2D eigenvalue weighted by Crippen LogP contribution is 2.25. The lowest BCUT2D eigenvalue weighted by molar-refractivity contribution is 0.644. The predicted molar refractivity (Wildman–Crippen MR) is 83.4 cm³/mol. The van der Waals surface area contributed by atoms with E-state index in [4.69, 9.17) is 0 Å². The molecule has 0 atom stereocenters. The Bertz CT molecular complexity index is 632. The molecule has 110 valence electrons. The second-order valence-corrected chi connectivity index (χ2v) is 5.89. The van der Waals surface area contributed by atoms with Crippen LogP contribution < -0.4 is 5.69 Å². The van der Waals surface area contributed by atoms with Crippen molar-refractivity contribution in [3.63, 3.8) is 0 Å². The Balaban J connectivity index is 2.62. The molecule has 2 aromatic heterocycles. The Morgan fingerprint density at radius 2 is 1.90 bits per heavy atom. The van der Waals surface area contributed by atoms with Gasteiger partial charge in [-0.15, -0.1) is 11.8 Å². The van der Waals surface area contributed by atoms with Gasteiger partial charge in [-0.1, -0.05) is 20.8 Å². The van der Waals surface area contributed by atoms with Crippen LogP contribution in [-0.4, -0.2) is 24.9 Å². The van der Waals surface area contributed by atoms with Crippen LogP contribution in [0, 0.1) is 0 Å². The van der Waals surface area contributed by atoms with E-state index in [0.717, 1.165) is 47.7 Å². The summed E-state index contributed by atoms with van der Waals surface area (Å²) in [4.78, 5) is 20.9. The molecule has 6 heteroatoms. The minimum atomic E-state index is -0.181. The highest BCUT2D eigenvalue weighted by atomic mass is 32.2. The van der Waals surface area contributed by atoms with Gasteiger partial charge < -0.3 is 4.57 Å². The summed E-state index contributed by atoms with van der Waals surface area (Å²) < 4.78 is 3.81. The largest absolute Gasteiger partial charge is 0.350 e. The SMILES string of the molecule is CCCSc1nc(=O)n(CCC)c2ncn(CCC)c12. The first-order valence-corrected chi connectivity index (χ1v) is 8.29. The maximum Gasteiger partial charge on any atom is 0.350 e. The van der Waals surface area contributed by atoms with Gasteiger partial charge in [0.15, 0.2) is 5.65 Å². The maximum absolute atomic E-state index is 12.2. The number of thioether (sulfide) groups is 1. The molecule has 0 amide bonds. The van der Waals surface area contributed by atoms with Crippen LogP contribution in [0.1, 0.15) is 40.0 Å². The summed E-state index contributed by atoms with van der Waals surface area (Å²) in [6.45, 7) is 7.90. The quantitative estimate of drug-likeness (QED) is 0.582. The molecule has 2 heterocycles. The van der Waals surface area contributed by atoms with Crippen LogP contribution in [0.4, 0.5) is 0 Å². The first-order valence-electron chi connectivity index (χ1n) is 7.31. The molecule has 0 aliphatic carbocycles. The van der Waals surface area contributed by atoms with Gasteiger partial charge in [0.2, 0.25) is 0 Å². The average molecular weight is 294 g/mol. The Hall–Kier alpha value is -1.30. The van der Waals surface area contributed by atoms with E-state index in [1.54, 1.807) is 16.3 Å². The van der Waals surface area contributed by atoms with Gasteiger partial charge >= 0.3 is 5.69 Å². The fourth-order valence-corrected chi connectivity index (χ4v) is 3.10. The van der Waals surface area contributed by atoms with Crippen LogP contribution in [0.5, 0.6) is 0 Å². The van der Waals surface area contributed by atoms with Crippen molar-refractivity contribution < 1.29 is 0 Å². The van der Waals surface area contributed by atoms with Gasteiger partial charge in [-0.2, -0.15) is 4.98 Å². The molecule has 0 aliphatic heterocycles. The van der Waals surface area contributed by atoms with Gasteiger partial charge in [0, 0.05) is 13.1 Å². The van der Waals surface area contributed by atoms with E-state index in [9.17, 15) is 4.79 Å². The summed E-state index contributed by atoms with van der Waals surface area (Å²) in [7, 11) is 0. The Labute approximate surface area is 123 Å². The second kappa shape index (κ2) is 6.92.